The molecule has 1 rings (SSSR count). The van der Waals surface area contributed by atoms with Crippen LogP contribution in [-0.2, 0) is 20.9 Å². The molecule has 0 aliphatic carbocycles. The van der Waals surface area contributed by atoms with Crippen molar-refractivity contribution in [1.29, 1.82) is 0 Å². The first kappa shape index (κ1) is 25.2. The van der Waals surface area contributed by atoms with Crippen molar-refractivity contribution < 1.29 is 19.0 Å². The van der Waals surface area contributed by atoms with Gasteiger partial charge < -0.3 is 14.2 Å². The number of ether oxygens (including phenoxy) is 3. The lowest BCUT2D eigenvalue weighted by atomic mass is 9.88. The van der Waals surface area contributed by atoms with E-state index >= 15 is 0 Å². The molecule has 0 aliphatic heterocycles. The highest BCUT2D eigenvalue weighted by Crippen LogP contribution is 2.21. The molecule has 2 atom stereocenters. The second kappa shape index (κ2) is 13.4. The third-order valence-corrected chi connectivity index (χ3v) is 4.57. The zero-order chi connectivity index (χ0) is 22.4. The second-order valence-corrected chi connectivity index (χ2v) is 7.95. The van der Waals surface area contributed by atoms with E-state index in [1.54, 1.807) is 7.11 Å². The normalized spacial score (nSPS) is 12.5. The minimum atomic E-state index is -0.619. The van der Waals surface area contributed by atoms with Crippen molar-refractivity contribution in [2.75, 3.05) is 13.7 Å². The smallest absolute Gasteiger partial charge is 0.385 e. The Morgan fingerprint density at radius 1 is 1.20 bits per heavy atom. The van der Waals surface area contributed by atoms with Gasteiger partial charge >= 0.3 is 5.97 Å². The summed E-state index contributed by atoms with van der Waals surface area (Å²) >= 11 is 0. The van der Waals surface area contributed by atoms with Gasteiger partial charge in [-0.2, -0.15) is 0 Å². The molecule has 160 valence electrons. The summed E-state index contributed by atoms with van der Waals surface area (Å²) in [4.78, 5) is 11.9. The summed E-state index contributed by atoms with van der Waals surface area (Å²) < 4.78 is 16.2. The van der Waals surface area contributed by atoms with E-state index in [-0.39, 0.29) is 11.3 Å². The van der Waals surface area contributed by atoms with Gasteiger partial charge in [-0.1, -0.05) is 30.9 Å². The summed E-state index contributed by atoms with van der Waals surface area (Å²) in [6, 6.07) is 7.71. The van der Waals surface area contributed by atoms with Crippen LogP contribution >= 0.6 is 0 Å². The van der Waals surface area contributed by atoms with Crippen LogP contribution in [0.5, 0.6) is 5.75 Å². The van der Waals surface area contributed by atoms with Crippen LogP contribution < -0.4 is 4.74 Å². The van der Waals surface area contributed by atoms with Gasteiger partial charge in [0, 0.05) is 30.8 Å². The first-order valence-electron chi connectivity index (χ1n) is 10.1. The van der Waals surface area contributed by atoms with Gasteiger partial charge in [0.05, 0.1) is 13.7 Å². The predicted molar refractivity (Wildman–Crippen MR) is 119 cm³/mol. The van der Waals surface area contributed by atoms with E-state index in [1.807, 2.05) is 45.0 Å². The molecule has 1 unspecified atom stereocenters. The number of rotatable bonds is 11. The molecule has 1 aromatic carbocycles. The maximum Gasteiger partial charge on any atom is 0.385 e. The molecule has 0 amide bonds. The molecular weight excluding hydrogens is 376 g/mol. The number of hydrogen-bond donors (Lipinski definition) is 0. The Bertz CT molecular complexity index is 797. The van der Waals surface area contributed by atoms with Crippen LogP contribution in [0, 0.1) is 47.9 Å². The molecule has 0 fully saturated rings. The lowest BCUT2D eigenvalue weighted by Gasteiger charge is -2.16. The maximum atomic E-state index is 11.9. The first-order valence-corrected chi connectivity index (χ1v) is 10.1. The summed E-state index contributed by atoms with van der Waals surface area (Å²) in [6.07, 6.45) is 13.1. The van der Waals surface area contributed by atoms with E-state index in [4.69, 9.17) is 27.1 Å². The molecule has 4 heteroatoms. The minimum absolute atomic E-state index is 0.135. The van der Waals surface area contributed by atoms with Crippen molar-refractivity contribution in [3.05, 3.63) is 29.8 Å². The van der Waals surface area contributed by atoms with Crippen LogP contribution in [0.4, 0.5) is 0 Å². The van der Waals surface area contributed by atoms with Crippen molar-refractivity contribution >= 4 is 5.97 Å². The van der Waals surface area contributed by atoms with E-state index in [2.05, 4.69) is 23.7 Å². The minimum Gasteiger partial charge on any atom is -0.497 e. The maximum absolute atomic E-state index is 11.9. The van der Waals surface area contributed by atoms with Gasteiger partial charge in [-0.25, -0.2) is 4.79 Å². The summed E-state index contributed by atoms with van der Waals surface area (Å²) in [5.74, 6) is 10.9. The van der Waals surface area contributed by atoms with Gasteiger partial charge in [0.25, 0.3) is 0 Å². The standard InChI is InChI=1S/C26H32O4/c1-7-23(30-25(27)12-10-9-11-17-26(4,5)8-2)18-21(3)19-29-20-22-13-15-24(28-6)16-14-22/h1-2,13-16,21,23H,9,11,17-20H2,3-6H3/t21-,23?/m0/s1. The number of unbranched alkanes of at least 4 members (excludes halogenated alkanes) is 1. The zero-order valence-electron chi connectivity index (χ0n) is 18.5. The second-order valence-electron chi connectivity index (χ2n) is 7.95. The van der Waals surface area contributed by atoms with Crippen LogP contribution in [-0.4, -0.2) is 25.8 Å². The quantitative estimate of drug-likeness (QED) is 0.232. The molecule has 4 nitrogen and oxygen atoms in total. The first-order chi connectivity index (χ1) is 14.3. The average molecular weight is 409 g/mol. The highest BCUT2D eigenvalue weighted by atomic mass is 16.5. The highest BCUT2D eigenvalue weighted by molar-refractivity contribution is 5.88. The number of carbonyl (C=O) groups excluding carboxylic acids is 1. The molecule has 0 aromatic heterocycles. The van der Waals surface area contributed by atoms with Gasteiger partial charge in [0.1, 0.15) is 5.75 Å². The molecule has 0 saturated carbocycles. The predicted octanol–water partition coefficient (Wildman–Crippen LogP) is 4.62. The van der Waals surface area contributed by atoms with Gasteiger partial charge in [-0.3, -0.25) is 0 Å². The Kier molecular flexibility index (Phi) is 11.2. The molecular formula is C26H32O4. The number of methoxy groups -OCH3 is 1. The topological polar surface area (TPSA) is 44.8 Å². The van der Waals surface area contributed by atoms with Crippen LogP contribution in [0.25, 0.3) is 0 Å². The van der Waals surface area contributed by atoms with Crippen molar-refractivity contribution in [1.82, 2.24) is 0 Å². The number of esters is 1. The van der Waals surface area contributed by atoms with Gasteiger partial charge in [-0.15, -0.1) is 18.8 Å². The Hall–Kier alpha value is -2.87. The summed E-state index contributed by atoms with van der Waals surface area (Å²) in [6.45, 7) is 7.03. The van der Waals surface area contributed by atoms with Gasteiger partial charge in [0.2, 0.25) is 0 Å². The fraction of sp³-hybridized carbons (Fsp3) is 0.500. The van der Waals surface area contributed by atoms with Crippen LogP contribution in [0.2, 0.25) is 0 Å². The summed E-state index contributed by atoms with van der Waals surface area (Å²) in [7, 11) is 1.63. The molecule has 0 N–H and O–H groups in total. The molecule has 0 saturated heterocycles. The SMILES string of the molecule is C#CC(C[C@H](C)COCc1ccc(OC)cc1)OC(=O)C#CCCCC(C)(C)C#C. The number of terminal acetylenes is 2. The molecule has 1 aromatic rings. The zero-order valence-corrected chi connectivity index (χ0v) is 18.5. The van der Waals surface area contributed by atoms with Crippen molar-refractivity contribution in [2.24, 2.45) is 11.3 Å². The highest BCUT2D eigenvalue weighted by Gasteiger charge is 2.15. The Labute approximate surface area is 181 Å². The van der Waals surface area contributed by atoms with Gasteiger partial charge in [-0.05, 0) is 50.3 Å². The lowest BCUT2D eigenvalue weighted by molar-refractivity contribution is -0.140. The molecule has 0 bridgehead atoms. The van der Waals surface area contributed by atoms with Crippen molar-refractivity contribution in [3.63, 3.8) is 0 Å². The Morgan fingerprint density at radius 2 is 1.90 bits per heavy atom. The third kappa shape index (κ3) is 10.6. The Morgan fingerprint density at radius 3 is 2.50 bits per heavy atom. The largest absolute Gasteiger partial charge is 0.497 e. The number of benzene rings is 1. The van der Waals surface area contributed by atoms with Gasteiger partial charge in [0.15, 0.2) is 6.10 Å². The molecule has 0 spiro atoms. The summed E-state index contributed by atoms with van der Waals surface area (Å²) in [5, 5.41) is 0. The monoisotopic (exact) mass is 408 g/mol. The lowest BCUT2D eigenvalue weighted by Crippen LogP contribution is -2.20. The number of hydrogen-bond acceptors (Lipinski definition) is 4. The van der Waals surface area contributed by atoms with Crippen LogP contribution in [0.3, 0.4) is 0 Å². The van der Waals surface area contributed by atoms with Crippen molar-refractivity contribution in [3.8, 4) is 42.3 Å². The van der Waals surface area contributed by atoms with E-state index in [0.717, 1.165) is 24.2 Å². The molecule has 0 radical (unpaired) electrons. The van der Waals surface area contributed by atoms with Crippen molar-refractivity contribution in [2.45, 2.75) is 59.2 Å². The summed E-state index contributed by atoms with van der Waals surface area (Å²) in [5.41, 5.74) is 0.909. The number of carbonyl (C=O) groups is 1. The molecule has 0 heterocycles. The van der Waals surface area contributed by atoms with Crippen LogP contribution in [0.15, 0.2) is 24.3 Å². The average Bonchev–Trinajstić information content (AvgIpc) is 2.73. The fourth-order valence-corrected chi connectivity index (χ4v) is 2.67. The Balaban J connectivity index is 2.31. The van der Waals surface area contributed by atoms with Crippen LogP contribution in [0.1, 0.15) is 52.0 Å². The molecule has 30 heavy (non-hydrogen) atoms. The van der Waals surface area contributed by atoms with E-state index in [1.165, 1.54) is 0 Å². The van der Waals surface area contributed by atoms with E-state index in [9.17, 15) is 4.79 Å². The fourth-order valence-electron chi connectivity index (χ4n) is 2.67. The van der Waals surface area contributed by atoms with E-state index in [0.29, 0.717) is 26.1 Å². The molecule has 0 aliphatic rings. The van der Waals surface area contributed by atoms with E-state index < -0.39 is 12.1 Å². The third-order valence-electron chi connectivity index (χ3n) is 4.57.